The molecule has 0 aromatic rings. The van der Waals surface area contributed by atoms with Crippen molar-refractivity contribution in [2.24, 2.45) is 0 Å². The predicted molar refractivity (Wildman–Crippen MR) is 152 cm³/mol. The molecule has 0 aromatic heterocycles. The van der Waals surface area contributed by atoms with Crippen molar-refractivity contribution in [1.82, 2.24) is 0 Å². The molecule has 5 unspecified atom stereocenters. The van der Waals surface area contributed by atoms with E-state index in [1.165, 1.54) is 34.6 Å². The molecule has 10 nitrogen and oxygen atoms in total. The molecule has 0 aliphatic rings. The minimum atomic E-state index is -0.846. The first-order valence-electron chi connectivity index (χ1n) is 15.2. The Hall–Kier alpha value is 0.340. The molecule has 0 heterocycles. The van der Waals surface area contributed by atoms with Crippen LogP contribution in [0.15, 0.2) is 0 Å². The summed E-state index contributed by atoms with van der Waals surface area (Å²) in [4.78, 5) is 0. The van der Waals surface area contributed by atoms with E-state index in [0.717, 1.165) is 64.2 Å². The van der Waals surface area contributed by atoms with Crippen LogP contribution in [-0.4, -0.2) is 64.5 Å². The standard InChI is InChI=1S/5C6H13O2.Nb/c5*1-3-4-5-8-6(2)7;/h5*6H,3-5H2,1-2H3;/q5*-1;+5. The molecule has 0 amide bonds. The van der Waals surface area contributed by atoms with Crippen LogP contribution in [0.1, 0.15) is 133 Å². The zero-order chi connectivity index (χ0) is 32.0. The fourth-order valence-corrected chi connectivity index (χ4v) is 1.97. The molecule has 0 saturated heterocycles. The van der Waals surface area contributed by atoms with Gasteiger partial charge in [-0.3, -0.25) is 0 Å². The molecule has 0 aromatic carbocycles. The Kier molecular flexibility index (Phi) is 65.7. The molecule has 0 aliphatic heterocycles. The molecule has 0 saturated carbocycles. The van der Waals surface area contributed by atoms with Gasteiger partial charge in [0.05, 0.1) is 0 Å². The summed E-state index contributed by atoms with van der Waals surface area (Å²) in [6, 6.07) is 0. The van der Waals surface area contributed by atoms with Crippen LogP contribution in [0.3, 0.4) is 0 Å². The summed E-state index contributed by atoms with van der Waals surface area (Å²) < 4.78 is 23.6. The van der Waals surface area contributed by atoms with E-state index < -0.39 is 31.5 Å². The zero-order valence-electron chi connectivity index (χ0n) is 28.0. The van der Waals surface area contributed by atoms with Crippen LogP contribution in [0.25, 0.3) is 0 Å². The minimum Gasteiger partial charge on any atom is -0.831 e. The van der Waals surface area contributed by atoms with E-state index >= 15 is 0 Å². The fourth-order valence-electron chi connectivity index (χ4n) is 1.97. The van der Waals surface area contributed by atoms with Gasteiger partial charge in [0.25, 0.3) is 0 Å². The average molecular weight is 679 g/mol. The van der Waals surface area contributed by atoms with Gasteiger partial charge in [-0.1, -0.05) is 101 Å². The first kappa shape index (κ1) is 53.9. The smallest absolute Gasteiger partial charge is 0.831 e. The fraction of sp³-hybridized carbons (Fsp3) is 1.00. The predicted octanol–water partition coefficient (Wildman–Crippen LogP) is 2.54. The summed E-state index contributed by atoms with van der Waals surface area (Å²) in [6.45, 7) is 21.0. The van der Waals surface area contributed by atoms with E-state index in [4.69, 9.17) is 23.7 Å². The quantitative estimate of drug-likeness (QED) is 0.106. The Morgan fingerprint density at radius 1 is 0.341 bits per heavy atom. The van der Waals surface area contributed by atoms with Crippen molar-refractivity contribution < 1.29 is 71.6 Å². The SMILES string of the molecule is CCCCOC(C)[O-].CCCCOC(C)[O-].CCCCOC(C)[O-].CCCCOC(C)[O-].CCCCOC(C)[O-].[Nb+5]. The van der Waals surface area contributed by atoms with Crippen LogP contribution in [0.5, 0.6) is 0 Å². The molecule has 0 rings (SSSR count). The molecule has 11 heteroatoms. The van der Waals surface area contributed by atoms with Gasteiger partial charge < -0.3 is 49.2 Å². The molecule has 0 fully saturated rings. The third-order valence-corrected chi connectivity index (χ3v) is 4.25. The van der Waals surface area contributed by atoms with Crippen LogP contribution in [0.2, 0.25) is 0 Å². The molecule has 0 N–H and O–H groups in total. The molecular formula is C30H65NbO10. The molecule has 41 heavy (non-hydrogen) atoms. The number of unbranched alkanes of at least 4 members (excludes halogenated alkanes) is 5. The molecular weight excluding hydrogens is 613 g/mol. The second-order valence-electron chi connectivity index (χ2n) is 8.96. The molecule has 0 aliphatic carbocycles. The first-order valence-corrected chi connectivity index (χ1v) is 15.2. The van der Waals surface area contributed by atoms with Crippen molar-refractivity contribution in [3.63, 3.8) is 0 Å². The molecule has 0 bridgehead atoms. The van der Waals surface area contributed by atoms with Crippen LogP contribution in [0.4, 0.5) is 0 Å². The van der Waals surface area contributed by atoms with E-state index in [0.29, 0.717) is 33.0 Å². The summed E-state index contributed by atoms with van der Waals surface area (Å²) in [7, 11) is 0. The normalized spacial score (nSPS) is 13.5. The maximum atomic E-state index is 10.2. The number of rotatable bonds is 20. The van der Waals surface area contributed by atoms with Crippen molar-refractivity contribution in [1.29, 1.82) is 0 Å². The molecule has 0 spiro atoms. The van der Waals surface area contributed by atoms with Gasteiger partial charge in [0.15, 0.2) is 0 Å². The molecule has 0 radical (unpaired) electrons. The zero-order valence-corrected chi connectivity index (χ0v) is 30.2. The third-order valence-electron chi connectivity index (χ3n) is 4.25. The number of hydrogen-bond acceptors (Lipinski definition) is 10. The maximum absolute atomic E-state index is 10.2. The summed E-state index contributed by atoms with van der Waals surface area (Å²) >= 11 is 0. The number of ether oxygens (including phenoxy) is 5. The van der Waals surface area contributed by atoms with Gasteiger partial charge in [0.1, 0.15) is 0 Å². The van der Waals surface area contributed by atoms with Crippen molar-refractivity contribution >= 4 is 0 Å². The van der Waals surface area contributed by atoms with Gasteiger partial charge in [0.2, 0.25) is 0 Å². The Bertz CT molecular complexity index is 307. The van der Waals surface area contributed by atoms with Gasteiger partial charge in [-0.25, -0.2) is 0 Å². The second-order valence-corrected chi connectivity index (χ2v) is 8.96. The summed E-state index contributed by atoms with van der Waals surface area (Å²) in [5.41, 5.74) is 0. The largest absolute Gasteiger partial charge is 5.00 e. The summed E-state index contributed by atoms with van der Waals surface area (Å²) in [5.74, 6) is 0. The summed E-state index contributed by atoms with van der Waals surface area (Å²) in [6.07, 6.45) is 6.18. The first-order chi connectivity index (χ1) is 18.9. The van der Waals surface area contributed by atoms with Gasteiger partial charge in [-0.05, 0) is 63.6 Å². The second kappa shape index (κ2) is 50.0. The van der Waals surface area contributed by atoms with Gasteiger partial charge in [-0.2, -0.15) is 0 Å². The minimum absolute atomic E-state index is 0. The average Bonchev–Trinajstić information content (AvgIpc) is 2.86. The summed E-state index contributed by atoms with van der Waals surface area (Å²) in [5, 5.41) is 50.9. The van der Waals surface area contributed by atoms with Crippen LogP contribution in [-0.2, 0) is 46.1 Å². The maximum Gasteiger partial charge on any atom is 5.00 e. The topological polar surface area (TPSA) is 161 Å². The monoisotopic (exact) mass is 678 g/mol. The molecule has 250 valence electrons. The van der Waals surface area contributed by atoms with E-state index in [1.807, 2.05) is 0 Å². The van der Waals surface area contributed by atoms with Gasteiger partial charge in [0, 0.05) is 33.0 Å². The Labute approximate surface area is 269 Å². The van der Waals surface area contributed by atoms with Crippen molar-refractivity contribution in [2.45, 2.75) is 165 Å². The Morgan fingerprint density at radius 2 is 0.463 bits per heavy atom. The van der Waals surface area contributed by atoms with Crippen molar-refractivity contribution in [3.8, 4) is 0 Å². The van der Waals surface area contributed by atoms with E-state index in [1.54, 1.807) is 0 Å². The van der Waals surface area contributed by atoms with E-state index in [-0.39, 0.29) is 22.4 Å². The van der Waals surface area contributed by atoms with Crippen LogP contribution >= 0.6 is 0 Å². The van der Waals surface area contributed by atoms with Gasteiger partial charge in [-0.15, -0.1) is 0 Å². The van der Waals surface area contributed by atoms with E-state index in [2.05, 4.69) is 34.6 Å². The van der Waals surface area contributed by atoms with Crippen LogP contribution in [0, 0.1) is 0 Å². The van der Waals surface area contributed by atoms with Gasteiger partial charge >= 0.3 is 22.4 Å². The van der Waals surface area contributed by atoms with E-state index in [9.17, 15) is 25.5 Å². The Balaban J connectivity index is -0.0000000928. The Morgan fingerprint density at radius 3 is 0.537 bits per heavy atom. The number of hydrogen-bond donors (Lipinski definition) is 0. The third kappa shape index (κ3) is 92.3. The van der Waals surface area contributed by atoms with Crippen molar-refractivity contribution in [2.75, 3.05) is 33.0 Å². The molecule has 5 atom stereocenters. The van der Waals surface area contributed by atoms with Crippen LogP contribution < -0.4 is 25.5 Å². The van der Waals surface area contributed by atoms with Crippen molar-refractivity contribution in [3.05, 3.63) is 0 Å².